The standard InChI is InChI=1S/C26H26N4O2S/c1-18-10-13-21(14-11-18)30-24(16-32-22-7-5-4-6-8-22)28-29-26(30)33-17-25(31)27-23-15-19(2)9-12-20(23)3/h4-15H,16-17H2,1-3H3,(H,27,31). The molecule has 0 fully saturated rings. The maximum atomic E-state index is 12.6. The van der Waals surface area contributed by atoms with Crippen LogP contribution < -0.4 is 10.1 Å². The van der Waals surface area contributed by atoms with E-state index in [1.165, 1.54) is 11.8 Å². The lowest BCUT2D eigenvalue weighted by Crippen LogP contribution is -2.15. The summed E-state index contributed by atoms with van der Waals surface area (Å²) < 4.78 is 7.85. The number of amides is 1. The zero-order valence-electron chi connectivity index (χ0n) is 18.9. The summed E-state index contributed by atoms with van der Waals surface area (Å²) in [6.07, 6.45) is 0. The third-order valence-corrected chi connectivity index (χ3v) is 6.03. The van der Waals surface area contributed by atoms with E-state index in [0.717, 1.165) is 33.8 Å². The molecule has 0 saturated heterocycles. The number of carbonyl (C=O) groups is 1. The Morgan fingerprint density at radius 2 is 1.67 bits per heavy atom. The van der Waals surface area contributed by atoms with Crippen molar-refractivity contribution >= 4 is 23.4 Å². The Kier molecular flexibility index (Phi) is 7.10. The van der Waals surface area contributed by atoms with Crippen molar-refractivity contribution in [3.63, 3.8) is 0 Å². The first-order chi connectivity index (χ1) is 16.0. The molecule has 4 aromatic rings. The van der Waals surface area contributed by atoms with E-state index in [-0.39, 0.29) is 18.3 Å². The van der Waals surface area contributed by atoms with Crippen LogP contribution in [-0.4, -0.2) is 26.4 Å². The van der Waals surface area contributed by atoms with Crippen LogP contribution >= 0.6 is 11.8 Å². The first-order valence-electron chi connectivity index (χ1n) is 10.7. The van der Waals surface area contributed by atoms with Crippen molar-refractivity contribution in [2.75, 3.05) is 11.1 Å². The first kappa shape index (κ1) is 22.6. The highest BCUT2D eigenvalue weighted by atomic mass is 32.2. The van der Waals surface area contributed by atoms with Crippen LogP contribution in [0.2, 0.25) is 0 Å². The lowest BCUT2D eigenvalue weighted by atomic mass is 10.1. The molecule has 1 N–H and O–H groups in total. The van der Waals surface area contributed by atoms with Gasteiger partial charge < -0.3 is 10.1 Å². The molecule has 0 unspecified atom stereocenters. The van der Waals surface area contributed by atoms with Gasteiger partial charge in [0.15, 0.2) is 11.0 Å². The van der Waals surface area contributed by atoms with Crippen LogP contribution in [0.15, 0.2) is 78.0 Å². The molecule has 6 nitrogen and oxygen atoms in total. The summed E-state index contributed by atoms with van der Waals surface area (Å²) >= 11 is 1.35. The highest BCUT2D eigenvalue weighted by Gasteiger charge is 2.17. The van der Waals surface area contributed by atoms with Crippen LogP contribution in [0.1, 0.15) is 22.5 Å². The molecule has 4 rings (SSSR count). The normalized spacial score (nSPS) is 10.8. The summed E-state index contributed by atoms with van der Waals surface area (Å²) in [5.74, 6) is 1.56. The largest absolute Gasteiger partial charge is 0.486 e. The van der Waals surface area contributed by atoms with Gasteiger partial charge in [-0.2, -0.15) is 0 Å². The number of anilines is 1. The molecule has 0 spiro atoms. The van der Waals surface area contributed by atoms with E-state index in [9.17, 15) is 4.79 Å². The predicted octanol–water partition coefficient (Wildman–Crippen LogP) is 5.50. The molecule has 0 radical (unpaired) electrons. The van der Waals surface area contributed by atoms with Gasteiger partial charge in [0.1, 0.15) is 12.4 Å². The van der Waals surface area contributed by atoms with Crippen molar-refractivity contribution in [1.82, 2.24) is 14.8 Å². The van der Waals surface area contributed by atoms with Crippen LogP contribution in [0.4, 0.5) is 5.69 Å². The zero-order chi connectivity index (χ0) is 23.2. The summed E-state index contributed by atoms with van der Waals surface area (Å²) in [7, 11) is 0. The smallest absolute Gasteiger partial charge is 0.234 e. The number of rotatable bonds is 8. The Labute approximate surface area is 198 Å². The summed E-state index contributed by atoms with van der Waals surface area (Å²) in [4.78, 5) is 12.6. The van der Waals surface area contributed by atoms with Gasteiger partial charge in [0.25, 0.3) is 0 Å². The molecule has 0 saturated carbocycles. The van der Waals surface area contributed by atoms with E-state index in [0.29, 0.717) is 11.0 Å². The summed E-state index contributed by atoms with van der Waals surface area (Å²) in [6, 6.07) is 23.7. The van der Waals surface area contributed by atoms with Crippen LogP contribution in [0.3, 0.4) is 0 Å². The van der Waals surface area contributed by atoms with Gasteiger partial charge in [0, 0.05) is 11.4 Å². The van der Waals surface area contributed by atoms with Crippen LogP contribution in [-0.2, 0) is 11.4 Å². The molecule has 7 heteroatoms. The zero-order valence-corrected chi connectivity index (χ0v) is 19.7. The SMILES string of the molecule is Cc1ccc(-n2c(COc3ccccc3)nnc2SCC(=O)Nc2cc(C)ccc2C)cc1. The van der Waals surface area contributed by atoms with Crippen molar-refractivity contribution in [2.45, 2.75) is 32.5 Å². The Morgan fingerprint density at radius 3 is 2.42 bits per heavy atom. The first-order valence-corrected chi connectivity index (χ1v) is 11.7. The second kappa shape index (κ2) is 10.4. The summed E-state index contributed by atoms with van der Waals surface area (Å²) in [5, 5.41) is 12.3. The highest BCUT2D eigenvalue weighted by molar-refractivity contribution is 7.99. The minimum absolute atomic E-state index is 0.0887. The summed E-state index contributed by atoms with van der Waals surface area (Å²) in [6.45, 7) is 6.30. The number of aryl methyl sites for hydroxylation is 3. The molecule has 168 valence electrons. The number of aromatic nitrogens is 3. The molecule has 33 heavy (non-hydrogen) atoms. The number of hydrogen-bond acceptors (Lipinski definition) is 5. The van der Waals surface area contributed by atoms with E-state index < -0.39 is 0 Å². The monoisotopic (exact) mass is 458 g/mol. The van der Waals surface area contributed by atoms with Crippen molar-refractivity contribution < 1.29 is 9.53 Å². The molecule has 1 amide bonds. The Balaban J connectivity index is 1.51. The van der Waals surface area contributed by atoms with Gasteiger partial charge in [-0.3, -0.25) is 9.36 Å². The van der Waals surface area contributed by atoms with Crippen molar-refractivity contribution in [1.29, 1.82) is 0 Å². The number of hydrogen-bond donors (Lipinski definition) is 1. The molecule has 0 aliphatic carbocycles. The van der Waals surface area contributed by atoms with E-state index in [1.54, 1.807) is 0 Å². The number of nitrogens with one attached hydrogen (secondary N) is 1. The van der Waals surface area contributed by atoms with Gasteiger partial charge in [-0.15, -0.1) is 10.2 Å². The quantitative estimate of drug-likeness (QED) is 0.353. The van der Waals surface area contributed by atoms with E-state index in [1.807, 2.05) is 98.1 Å². The minimum atomic E-state index is -0.0887. The third-order valence-electron chi connectivity index (χ3n) is 5.10. The Hall–Kier alpha value is -3.58. The molecule has 0 aliphatic heterocycles. The molecular weight excluding hydrogens is 432 g/mol. The number of carbonyl (C=O) groups excluding carboxylic acids is 1. The highest BCUT2D eigenvalue weighted by Crippen LogP contribution is 2.24. The topological polar surface area (TPSA) is 69.0 Å². The lowest BCUT2D eigenvalue weighted by Gasteiger charge is -2.12. The second-order valence-corrected chi connectivity index (χ2v) is 8.77. The fourth-order valence-corrected chi connectivity index (χ4v) is 4.06. The molecule has 0 aliphatic rings. The van der Waals surface area contributed by atoms with Crippen LogP contribution in [0.5, 0.6) is 5.75 Å². The van der Waals surface area contributed by atoms with Gasteiger partial charge in [-0.25, -0.2) is 0 Å². The third kappa shape index (κ3) is 5.81. The van der Waals surface area contributed by atoms with Gasteiger partial charge >= 0.3 is 0 Å². The summed E-state index contributed by atoms with van der Waals surface area (Å²) in [5.41, 5.74) is 5.05. The van der Waals surface area contributed by atoms with Crippen molar-refractivity contribution in [2.24, 2.45) is 0 Å². The van der Waals surface area contributed by atoms with Gasteiger partial charge in [0.2, 0.25) is 5.91 Å². The van der Waals surface area contributed by atoms with Gasteiger partial charge in [-0.05, 0) is 62.2 Å². The van der Waals surface area contributed by atoms with Crippen molar-refractivity contribution in [3.05, 3.63) is 95.3 Å². The lowest BCUT2D eigenvalue weighted by molar-refractivity contribution is -0.113. The van der Waals surface area contributed by atoms with E-state index in [4.69, 9.17) is 4.74 Å². The van der Waals surface area contributed by atoms with E-state index >= 15 is 0 Å². The Bertz CT molecular complexity index is 1240. The molecular formula is C26H26N4O2S. The maximum Gasteiger partial charge on any atom is 0.234 e. The predicted molar refractivity (Wildman–Crippen MR) is 132 cm³/mol. The molecule has 0 atom stereocenters. The number of para-hydroxylation sites is 1. The van der Waals surface area contributed by atoms with Gasteiger partial charge in [-0.1, -0.05) is 59.8 Å². The van der Waals surface area contributed by atoms with Crippen LogP contribution in [0, 0.1) is 20.8 Å². The molecule has 1 heterocycles. The minimum Gasteiger partial charge on any atom is -0.486 e. The average Bonchev–Trinajstić information content (AvgIpc) is 3.23. The van der Waals surface area contributed by atoms with Gasteiger partial charge in [0.05, 0.1) is 5.75 Å². The fourth-order valence-electron chi connectivity index (χ4n) is 3.29. The molecule has 1 aromatic heterocycles. The molecule has 3 aromatic carbocycles. The van der Waals surface area contributed by atoms with Crippen LogP contribution in [0.25, 0.3) is 5.69 Å². The van der Waals surface area contributed by atoms with E-state index in [2.05, 4.69) is 15.5 Å². The van der Waals surface area contributed by atoms with Crippen molar-refractivity contribution in [3.8, 4) is 11.4 Å². The number of ether oxygens (including phenoxy) is 1. The fraction of sp³-hybridized carbons (Fsp3) is 0.192. The number of nitrogens with zero attached hydrogens (tertiary/aromatic N) is 3. The number of thioether (sulfide) groups is 1. The average molecular weight is 459 g/mol. The number of benzene rings is 3. The molecule has 0 bridgehead atoms. The maximum absolute atomic E-state index is 12.6. The Morgan fingerprint density at radius 1 is 0.939 bits per heavy atom. The second-order valence-electron chi connectivity index (χ2n) is 7.83.